The Hall–Kier alpha value is -1.10. The maximum atomic E-state index is 10.4. The lowest BCUT2D eigenvalue weighted by atomic mass is 9.79. The Morgan fingerprint density at radius 1 is 1.62 bits per heavy atom. The van der Waals surface area contributed by atoms with Crippen molar-refractivity contribution in [3.8, 4) is 0 Å². The number of hydrogen-bond donors (Lipinski definition) is 2. The largest absolute Gasteiger partial charge is 0.388 e. The summed E-state index contributed by atoms with van der Waals surface area (Å²) in [5.41, 5.74) is -0.625. The van der Waals surface area contributed by atoms with Crippen molar-refractivity contribution < 1.29 is 9.63 Å². The summed E-state index contributed by atoms with van der Waals surface area (Å²) in [7, 11) is 0. The molecule has 0 saturated heterocycles. The van der Waals surface area contributed by atoms with Crippen molar-refractivity contribution in [2.24, 2.45) is 5.92 Å². The molecule has 2 unspecified atom stereocenters. The molecule has 0 bridgehead atoms. The lowest BCUT2D eigenvalue weighted by Gasteiger charge is -2.35. The van der Waals surface area contributed by atoms with E-state index in [0.29, 0.717) is 24.3 Å². The molecule has 2 N–H and O–H groups in total. The van der Waals surface area contributed by atoms with Gasteiger partial charge in [0.25, 0.3) is 0 Å². The monoisotopic (exact) mass is 225 g/mol. The van der Waals surface area contributed by atoms with E-state index >= 15 is 0 Å². The van der Waals surface area contributed by atoms with E-state index in [1.807, 2.05) is 0 Å². The maximum absolute atomic E-state index is 10.4. The highest BCUT2D eigenvalue weighted by Crippen LogP contribution is 2.32. The van der Waals surface area contributed by atoms with E-state index in [9.17, 15) is 5.11 Å². The quantitative estimate of drug-likeness (QED) is 0.819. The summed E-state index contributed by atoms with van der Waals surface area (Å²) in [6, 6.07) is 0.393. The van der Waals surface area contributed by atoms with Gasteiger partial charge in [0.05, 0.1) is 5.60 Å². The highest BCUT2D eigenvalue weighted by Gasteiger charge is 2.32. The van der Waals surface area contributed by atoms with Crippen molar-refractivity contribution in [1.82, 2.24) is 10.1 Å². The third kappa shape index (κ3) is 2.72. The van der Waals surface area contributed by atoms with Crippen molar-refractivity contribution in [2.75, 3.05) is 11.9 Å². The van der Waals surface area contributed by atoms with Crippen LogP contribution in [0.1, 0.15) is 38.4 Å². The van der Waals surface area contributed by atoms with E-state index in [2.05, 4.69) is 22.4 Å². The molecule has 5 heteroatoms. The van der Waals surface area contributed by atoms with Crippen molar-refractivity contribution in [3.63, 3.8) is 0 Å². The summed E-state index contributed by atoms with van der Waals surface area (Å²) >= 11 is 0. The van der Waals surface area contributed by atoms with Gasteiger partial charge < -0.3 is 14.9 Å². The van der Waals surface area contributed by atoms with Crippen LogP contribution in [0.25, 0.3) is 0 Å². The summed E-state index contributed by atoms with van der Waals surface area (Å²) in [5, 5.41) is 17.1. The fourth-order valence-electron chi connectivity index (χ4n) is 2.40. The van der Waals surface area contributed by atoms with Crippen molar-refractivity contribution >= 4 is 6.01 Å². The number of aryl methyl sites for hydroxylation is 1. The van der Waals surface area contributed by atoms with Crippen molar-refractivity contribution in [3.05, 3.63) is 5.82 Å². The molecular formula is C11H19N3O2. The molecule has 1 aliphatic carbocycles. The van der Waals surface area contributed by atoms with E-state index in [1.165, 1.54) is 6.42 Å². The van der Waals surface area contributed by atoms with Gasteiger partial charge in [0.15, 0.2) is 5.82 Å². The van der Waals surface area contributed by atoms with E-state index in [0.717, 1.165) is 19.3 Å². The fraction of sp³-hybridized carbons (Fsp3) is 0.818. The average Bonchev–Trinajstić information content (AvgIpc) is 2.61. The number of aromatic nitrogens is 2. The van der Waals surface area contributed by atoms with Crippen LogP contribution < -0.4 is 5.32 Å². The molecule has 1 aromatic heterocycles. The molecule has 1 aliphatic rings. The summed E-state index contributed by atoms with van der Waals surface area (Å²) in [4.78, 5) is 4.05. The number of rotatable bonds is 3. The Bertz CT molecular complexity index is 353. The average molecular weight is 225 g/mol. The third-order valence-electron chi connectivity index (χ3n) is 3.16. The second-order valence-electron chi connectivity index (χ2n) is 4.93. The highest BCUT2D eigenvalue weighted by molar-refractivity contribution is 5.19. The Balaban J connectivity index is 1.88. The number of nitrogens with zero attached hydrogens (tertiary/aromatic N) is 2. The highest BCUT2D eigenvalue weighted by atomic mass is 16.5. The molecule has 0 amide bonds. The Kier molecular flexibility index (Phi) is 3.14. The normalized spacial score (nSPS) is 30.3. The minimum atomic E-state index is -0.625. The Morgan fingerprint density at radius 3 is 3.06 bits per heavy atom. The van der Waals surface area contributed by atoms with Crippen LogP contribution in [0.3, 0.4) is 0 Å². The van der Waals surface area contributed by atoms with Gasteiger partial charge in [-0.3, -0.25) is 0 Å². The van der Waals surface area contributed by atoms with Crippen LogP contribution >= 0.6 is 0 Å². The first-order valence-corrected chi connectivity index (χ1v) is 5.84. The van der Waals surface area contributed by atoms with Gasteiger partial charge in [0, 0.05) is 6.54 Å². The predicted molar refractivity (Wildman–Crippen MR) is 60.1 cm³/mol. The summed E-state index contributed by atoms with van der Waals surface area (Å²) in [6.07, 6.45) is 3.98. The van der Waals surface area contributed by atoms with Gasteiger partial charge in [0.2, 0.25) is 0 Å². The molecule has 0 spiro atoms. The van der Waals surface area contributed by atoms with Crippen molar-refractivity contribution in [2.45, 2.75) is 45.1 Å². The zero-order valence-corrected chi connectivity index (χ0v) is 9.86. The predicted octanol–water partition coefficient (Wildman–Crippen LogP) is 1.73. The maximum Gasteiger partial charge on any atom is 0.321 e. The van der Waals surface area contributed by atoms with Gasteiger partial charge in [-0.2, -0.15) is 4.98 Å². The van der Waals surface area contributed by atoms with E-state index < -0.39 is 5.60 Å². The standard InChI is InChI=1S/C11H19N3O2/c1-8-4-3-5-11(15,6-8)7-12-10-13-9(2)14-16-10/h8,15H,3-7H2,1-2H3,(H,12,13,14). The third-order valence-corrected chi connectivity index (χ3v) is 3.16. The number of hydrogen-bond acceptors (Lipinski definition) is 5. The first-order chi connectivity index (χ1) is 7.57. The topological polar surface area (TPSA) is 71.2 Å². The molecule has 0 radical (unpaired) electrons. The molecule has 1 aromatic rings. The molecule has 2 atom stereocenters. The lowest BCUT2D eigenvalue weighted by Crippen LogP contribution is -2.41. The second kappa shape index (κ2) is 4.41. The first-order valence-electron chi connectivity index (χ1n) is 5.84. The van der Waals surface area contributed by atoms with E-state index in [4.69, 9.17) is 4.52 Å². The molecule has 90 valence electrons. The van der Waals surface area contributed by atoms with Crippen LogP contribution in [0.15, 0.2) is 4.52 Å². The molecule has 16 heavy (non-hydrogen) atoms. The van der Waals surface area contributed by atoms with Crippen LogP contribution in [0.5, 0.6) is 0 Å². The van der Waals surface area contributed by atoms with E-state index in [1.54, 1.807) is 6.92 Å². The van der Waals surface area contributed by atoms with Crippen LogP contribution in [0.2, 0.25) is 0 Å². The molecule has 5 nitrogen and oxygen atoms in total. The number of anilines is 1. The SMILES string of the molecule is Cc1noc(NCC2(O)CCCC(C)C2)n1. The van der Waals surface area contributed by atoms with Crippen LogP contribution in [0, 0.1) is 12.8 Å². The molecule has 1 saturated carbocycles. The summed E-state index contributed by atoms with van der Waals surface area (Å²) in [6.45, 7) is 4.44. The molecule has 1 fully saturated rings. The van der Waals surface area contributed by atoms with Crippen molar-refractivity contribution in [1.29, 1.82) is 0 Å². The minimum absolute atomic E-state index is 0.393. The molecule has 0 aromatic carbocycles. The van der Waals surface area contributed by atoms with Gasteiger partial charge >= 0.3 is 6.01 Å². The number of nitrogens with one attached hydrogen (secondary N) is 1. The molecule has 1 heterocycles. The lowest BCUT2D eigenvalue weighted by molar-refractivity contribution is -0.00123. The molecule has 2 rings (SSSR count). The first kappa shape index (κ1) is 11.4. The van der Waals surface area contributed by atoms with Gasteiger partial charge in [-0.15, -0.1) is 0 Å². The minimum Gasteiger partial charge on any atom is -0.388 e. The zero-order chi connectivity index (χ0) is 11.6. The van der Waals surface area contributed by atoms with Gasteiger partial charge in [-0.05, 0) is 25.7 Å². The van der Waals surface area contributed by atoms with Gasteiger partial charge in [-0.25, -0.2) is 0 Å². The van der Waals surface area contributed by atoms with Gasteiger partial charge in [0.1, 0.15) is 0 Å². The number of aliphatic hydroxyl groups is 1. The second-order valence-corrected chi connectivity index (χ2v) is 4.93. The fourth-order valence-corrected chi connectivity index (χ4v) is 2.40. The molecule has 0 aliphatic heterocycles. The van der Waals surface area contributed by atoms with Crippen LogP contribution in [-0.2, 0) is 0 Å². The van der Waals surface area contributed by atoms with Crippen LogP contribution in [-0.4, -0.2) is 27.4 Å². The van der Waals surface area contributed by atoms with E-state index in [-0.39, 0.29) is 0 Å². The molecular weight excluding hydrogens is 206 g/mol. The smallest absolute Gasteiger partial charge is 0.321 e. The Labute approximate surface area is 95.2 Å². The van der Waals surface area contributed by atoms with Crippen LogP contribution in [0.4, 0.5) is 6.01 Å². The summed E-state index contributed by atoms with van der Waals surface area (Å²) in [5.74, 6) is 1.19. The van der Waals surface area contributed by atoms with Gasteiger partial charge in [-0.1, -0.05) is 24.9 Å². The summed E-state index contributed by atoms with van der Waals surface area (Å²) < 4.78 is 4.94. The Morgan fingerprint density at radius 2 is 2.44 bits per heavy atom. The zero-order valence-electron chi connectivity index (χ0n) is 9.86.